The summed E-state index contributed by atoms with van der Waals surface area (Å²) in [6.07, 6.45) is 10.0. The molecule has 0 spiro atoms. The molecule has 10 heteroatoms. The van der Waals surface area contributed by atoms with E-state index in [2.05, 4.69) is 40.5 Å². The van der Waals surface area contributed by atoms with Gasteiger partial charge in [-0.3, -0.25) is 14.0 Å². The van der Waals surface area contributed by atoms with Gasteiger partial charge in [-0.25, -0.2) is 8.42 Å². The van der Waals surface area contributed by atoms with E-state index in [1.54, 1.807) is 6.92 Å². The lowest BCUT2D eigenvalue weighted by Crippen LogP contribution is -2.47. The molecule has 2 atom stereocenters. The van der Waals surface area contributed by atoms with E-state index in [9.17, 15) is 13.2 Å². The summed E-state index contributed by atoms with van der Waals surface area (Å²) in [6, 6.07) is 22.5. The third kappa shape index (κ3) is 7.58. The van der Waals surface area contributed by atoms with Crippen LogP contribution in [0.3, 0.4) is 0 Å². The van der Waals surface area contributed by atoms with Gasteiger partial charge in [0.1, 0.15) is 6.10 Å². The number of fused-ring (bicyclic) bond motifs is 1. The van der Waals surface area contributed by atoms with Crippen molar-refractivity contribution in [2.24, 2.45) is 5.92 Å². The van der Waals surface area contributed by atoms with E-state index >= 15 is 0 Å². The predicted octanol–water partition coefficient (Wildman–Crippen LogP) is 7.99. The number of likely N-dealkylation sites (tertiary alicyclic amines) is 1. The number of carbonyl (C=O) groups excluding carboxylic acids is 1. The molecule has 258 valence electrons. The second-order valence-electron chi connectivity index (χ2n) is 13.6. The smallest absolute Gasteiger partial charge is 0.264 e. The summed E-state index contributed by atoms with van der Waals surface area (Å²) in [5.41, 5.74) is 3.21. The van der Waals surface area contributed by atoms with Crippen molar-refractivity contribution in [2.45, 2.75) is 93.7 Å². The minimum atomic E-state index is -3.98. The predicted molar refractivity (Wildman–Crippen MR) is 193 cm³/mol. The summed E-state index contributed by atoms with van der Waals surface area (Å²) < 4.78 is 35.4. The highest BCUT2D eigenvalue weighted by atomic mass is 35.5. The average molecular weight is 713 g/mol. The number of hydrogen-bond acceptors (Lipinski definition) is 5. The molecule has 2 unspecified atom stereocenters. The Morgan fingerprint density at radius 1 is 0.958 bits per heavy atom. The summed E-state index contributed by atoms with van der Waals surface area (Å²) in [5.74, 6) is 0.499. The Morgan fingerprint density at radius 2 is 1.67 bits per heavy atom. The molecule has 1 saturated heterocycles. The first kappa shape index (κ1) is 35.2. The van der Waals surface area contributed by atoms with Crippen LogP contribution in [0, 0.1) is 5.92 Å². The lowest BCUT2D eigenvalue weighted by molar-refractivity contribution is -0.132. The minimum Gasteiger partial charge on any atom is -0.367 e. The molecule has 0 aromatic heterocycles. The number of para-hydroxylation sites is 1. The van der Waals surface area contributed by atoms with Crippen LogP contribution in [0.5, 0.6) is 0 Å². The van der Waals surface area contributed by atoms with E-state index in [0.717, 1.165) is 18.4 Å². The Kier molecular flexibility index (Phi) is 11.4. The first-order chi connectivity index (χ1) is 23.2. The van der Waals surface area contributed by atoms with Crippen molar-refractivity contribution in [3.05, 3.63) is 94.0 Å². The van der Waals surface area contributed by atoms with Crippen LogP contribution in [0.1, 0.15) is 75.8 Å². The van der Waals surface area contributed by atoms with Crippen molar-refractivity contribution in [3.63, 3.8) is 0 Å². The van der Waals surface area contributed by atoms with Gasteiger partial charge in [0, 0.05) is 12.1 Å². The van der Waals surface area contributed by atoms with Crippen molar-refractivity contribution in [1.29, 1.82) is 0 Å². The third-order valence-electron chi connectivity index (χ3n) is 10.7. The third-order valence-corrected chi connectivity index (χ3v) is 13.3. The number of sulfonamides is 1. The van der Waals surface area contributed by atoms with E-state index < -0.39 is 22.2 Å². The topological polar surface area (TPSA) is 78.9 Å². The number of carbonyl (C=O) groups is 1. The van der Waals surface area contributed by atoms with E-state index in [4.69, 9.17) is 27.9 Å². The Balaban J connectivity index is 0.999. The van der Waals surface area contributed by atoms with E-state index in [1.807, 2.05) is 24.3 Å². The Hall–Kier alpha value is -2.62. The molecule has 2 fully saturated rings. The maximum absolute atomic E-state index is 14.0. The average Bonchev–Trinajstić information content (AvgIpc) is 3.66. The zero-order chi connectivity index (χ0) is 33.7. The Bertz CT molecular complexity index is 1660. The number of aryl methyl sites for hydroxylation is 1. The maximum atomic E-state index is 14.0. The van der Waals surface area contributed by atoms with Gasteiger partial charge >= 0.3 is 0 Å². The maximum Gasteiger partial charge on any atom is 0.264 e. The molecular formula is C38H47Cl2N3O4S. The number of nitrogens with one attached hydrogen (secondary N) is 1. The van der Waals surface area contributed by atoms with Crippen molar-refractivity contribution >= 4 is 44.8 Å². The van der Waals surface area contributed by atoms with Gasteiger partial charge < -0.3 is 10.1 Å². The first-order valence-corrected chi connectivity index (χ1v) is 19.7. The molecule has 3 aromatic rings. The fraction of sp³-hybridized carbons (Fsp3) is 0.500. The number of amides is 1. The fourth-order valence-electron chi connectivity index (χ4n) is 8.00. The van der Waals surface area contributed by atoms with Gasteiger partial charge in [0.05, 0.1) is 33.3 Å². The second-order valence-corrected chi connectivity index (χ2v) is 16.3. The number of anilines is 1. The summed E-state index contributed by atoms with van der Waals surface area (Å²) in [7, 11) is -3.98. The van der Waals surface area contributed by atoms with Gasteiger partial charge in [-0.15, -0.1) is 0 Å². The van der Waals surface area contributed by atoms with Crippen LogP contribution in [0.15, 0.2) is 77.7 Å². The highest BCUT2D eigenvalue weighted by Crippen LogP contribution is 2.46. The molecule has 3 aliphatic rings. The number of benzene rings is 3. The number of halogens is 2. The lowest BCUT2D eigenvalue weighted by Gasteiger charge is -2.47. The number of nitrogens with zero attached hydrogens (tertiary/aromatic N) is 2. The van der Waals surface area contributed by atoms with E-state index in [1.165, 1.54) is 79.7 Å². The fourth-order valence-corrected chi connectivity index (χ4v) is 10.1. The Labute approximate surface area is 296 Å². The van der Waals surface area contributed by atoms with Crippen LogP contribution in [0.25, 0.3) is 0 Å². The molecule has 1 N–H and O–H groups in total. The van der Waals surface area contributed by atoms with Gasteiger partial charge in [-0.05, 0) is 126 Å². The molecule has 1 aliphatic carbocycles. The highest BCUT2D eigenvalue weighted by molar-refractivity contribution is 7.92. The standard InChI is InChI=1S/C38H47Cl2N3O4S/c1-28(37(44)41-23-9-10-29-19-21-38(22-20-29,42-24-7-8-25-42)31-12-3-2-4-13-31)47-27-32-16-15-30-11-5-6-14-36(30)43(32)48(45,46)33-17-18-34(39)35(40)26-33/h2-6,11-14,17-18,26,28-29,32H,7-10,15-16,19-25,27H2,1H3,(H,41,44). The van der Waals surface area contributed by atoms with Crippen LogP contribution in [0.4, 0.5) is 5.69 Å². The van der Waals surface area contributed by atoms with Gasteiger partial charge in [0.15, 0.2) is 0 Å². The zero-order valence-electron chi connectivity index (χ0n) is 27.8. The van der Waals surface area contributed by atoms with Gasteiger partial charge in [0.2, 0.25) is 5.91 Å². The van der Waals surface area contributed by atoms with E-state index in [-0.39, 0.29) is 33.0 Å². The van der Waals surface area contributed by atoms with Gasteiger partial charge in [-0.1, -0.05) is 71.7 Å². The SMILES string of the molecule is CC(OCC1CCc2ccccc2N1S(=O)(=O)c1ccc(Cl)c(Cl)c1)C(=O)NCCCC1CCC(c2ccccc2)(N2CCCC2)CC1. The molecule has 1 saturated carbocycles. The first-order valence-electron chi connectivity index (χ1n) is 17.5. The molecular weight excluding hydrogens is 665 g/mol. The summed E-state index contributed by atoms with van der Waals surface area (Å²) in [5, 5.41) is 3.52. The molecule has 0 bridgehead atoms. The molecule has 2 heterocycles. The number of ether oxygens (including phenoxy) is 1. The molecule has 3 aromatic carbocycles. The molecule has 0 radical (unpaired) electrons. The van der Waals surface area contributed by atoms with Gasteiger partial charge in [0.25, 0.3) is 10.0 Å². The number of hydrogen-bond donors (Lipinski definition) is 1. The van der Waals surface area contributed by atoms with Crippen molar-refractivity contribution in [2.75, 3.05) is 30.5 Å². The monoisotopic (exact) mass is 711 g/mol. The molecule has 48 heavy (non-hydrogen) atoms. The van der Waals surface area contributed by atoms with Crippen LogP contribution < -0.4 is 9.62 Å². The Morgan fingerprint density at radius 3 is 2.40 bits per heavy atom. The largest absolute Gasteiger partial charge is 0.367 e. The lowest BCUT2D eigenvalue weighted by atomic mass is 9.70. The molecule has 1 amide bonds. The van der Waals surface area contributed by atoms with E-state index in [0.29, 0.717) is 31.0 Å². The molecule has 6 rings (SSSR count). The van der Waals surface area contributed by atoms with Crippen LogP contribution in [0.2, 0.25) is 10.0 Å². The normalized spacial score (nSPS) is 23.9. The van der Waals surface area contributed by atoms with Crippen molar-refractivity contribution < 1.29 is 17.9 Å². The van der Waals surface area contributed by atoms with Crippen LogP contribution in [-0.2, 0) is 31.5 Å². The van der Waals surface area contributed by atoms with Crippen LogP contribution in [-0.4, -0.2) is 57.6 Å². The van der Waals surface area contributed by atoms with Gasteiger partial charge in [-0.2, -0.15) is 0 Å². The van der Waals surface area contributed by atoms with Crippen molar-refractivity contribution in [1.82, 2.24) is 10.2 Å². The zero-order valence-corrected chi connectivity index (χ0v) is 30.1. The highest BCUT2D eigenvalue weighted by Gasteiger charge is 2.42. The number of rotatable bonds is 12. The molecule has 7 nitrogen and oxygen atoms in total. The quantitative estimate of drug-likeness (QED) is 0.193. The summed E-state index contributed by atoms with van der Waals surface area (Å²) in [4.78, 5) is 15.8. The minimum absolute atomic E-state index is 0.0594. The van der Waals surface area contributed by atoms with Crippen LogP contribution >= 0.6 is 23.2 Å². The second kappa shape index (κ2) is 15.5. The van der Waals surface area contributed by atoms with Crippen molar-refractivity contribution in [3.8, 4) is 0 Å². The molecule has 2 aliphatic heterocycles. The summed E-state index contributed by atoms with van der Waals surface area (Å²) in [6.45, 7) is 4.82. The summed E-state index contributed by atoms with van der Waals surface area (Å²) >= 11 is 12.3.